The van der Waals surface area contributed by atoms with Gasteiger partial charge in [0.2, 0.25) is 0 Å². The Morgan fingerprint density at radius 2 is 1.81 bits per heavy atom. The van der Waals surface area contributed by atoms with Crippen molar-refractivity contribution in [3.05, 3.63) is 54.9 Å². The van der Waals surface area contributed by atoms with E-state index >= 15 is 0 Å². The summed E-state index contributed by atoms with van der Waals surface area (Å²) in [5.74, 6) is 2.65. The fourth-order valence-electron chi connectivity index (χ4n) is 2.42. The van der Waals surface area contributed by atoms with Crippen LogP contribution in [0.1, 0.15) is 6.42 Å². The van der Waals surface area contributed by atoms with E-state index in [2.05, 4.69) is 19.7 Å². The first-order valence-corrected chi connectivity index (χ1v) is 9.50. The van der Waals surface area contributed by atoms with Gasteiger partial charge in [-0.3, -0.25) is 9.55 Å². The van der Waals surface area contributed by atoms with Gasteiger partial charge in [-0.1, -0.05) is 30.0 Å². The molecule has 7 heteroatoms. The van der Waals surface area contributed by atoms with E-state index in [4.69, 9.17) is 9.47 Å². The SMILES string of the molecule is COCCn1c(SCCCOc2ccccc2)nnc1-c1ccncc1. The monoisotopic (exact) mass is 370 g/mol. The molecular weight excluding hydrogens is 348 g/mol. The van der Waals surface area contributed by atoms with Crippen LogP contribution in [0.25, 0.3) is 11.4 Å². The van der Waals surface area contributed by atoms with E-state index in [1.54, 1.807) is 31.3 Å². The molecule has 0 N–H and O–H groups in total. The summed E-state index contributed by atoms with van der Waals surface area (Å²) < 4.78 is 13.1. The molecule has 3 aromatic rings. The molecule has 0 amide bonds. The molecule has 0 aliphatic rings. The lowest BCUT2D eigenvalue weighted by molar-refractivity contribution is 0.185. The Bertz CT molecular complexity index is 781. The number of methoxy groups -OCH3 is 1. The van der Waals surface area contributed by atoms with Crippen molar-refractivity contribution in [3.8, 4) is 17.1 Å². The topological polar surface area (TPSA) is 62.1 Å². The van der Waals surface area contributed by atoms with Gasteiger partial charge in [0.05, 0.1) is 19.8 Å². The van der Waals surface area contributed by atoms with Crippen molar-refractivity contribution in [1.82, 2.24) is 19.7 Å². The van der Waals surface area contributed by atoms with Crippen molar-refractivity contribution >= 4 is 11.8 Å². The molecule has 0 spiro atoms. The second-order valence-corrected chi connectivity index (χ2v) is 6.61. The molecule has 2 aromatic heterocycles. The normalized spacial score (nSPS) is 10.8. The molecule has 6 nitrogen and oxygen atoms in total. The largest absolute Gasteiger partial charge is 0.494 e. The molecule has 3 rings (SSSR count). The minimum absolute atomic E-state index is 0.612. The summed E-state index contributed by atoms with van der Waals surface area (Å²) in [6, 6.07) is 13.7. The molecule has 0 bridgehead atoms. The van der Waals surface area contributed by atoms with E-state index in [9.17, 15) is 0 Å². The minimum atomic E-state index is 0.612. The lowest BCUT2D eigenvalue weighted by Gasteiger charge is -2.10. The first-order valence-electron chi connectivity index (χ1n) is 8.51. The molecule has 0 radical (unpaired) electrons. The molecular formula is C19H22N4O2S. The highest BCUT2D eigenvalue weighted by atomic mass is 32.2. The zero-order valence-corrected chi connectivity index (χ0v) is 15.6. The van der Waals surface area contributed by atoms with E-state index < -0.39 is 0 Å². The Balaban J connectivity index is 1.57. The molecule has 0 unspecified atom stereocenters. The number of rotatable bonds is 10. The molecule has 0 atom stereocenters. The third kappa shape index (κ3) is 5.06. The predicted molar refractivity (Wildman–Crippen MR) is 102 cm³/mol. The van der Waals surface area contributed by atoms with Crippen molar-refractivity contribution in [3.63, 3.8) is 0 Å². The lowest BCUT2D eigenvalue weighted by Crippen LogP contribution is -2.08. The molecule has 0 aliphatic carbocycles. The predicted octanol–water partition coefficient (Wildman–Crippen LogP) is 3.55. The van der Waals surface area contributed by atoms with Crippen molar-refractivity contribution < 1.29 is 9.47 Å². The van der Waals surface area contributed by atoms with Gasteiger partial charge in [0.1, 0.15) is 5.75 Å². The highest BCUT2D eigenvalue weighted by molar-refractivity contribution is 7.99. The van der Waals surface area contributed by atoms with Crippen LogP contribution in [0.15, 0.2) is 60.0 Å². The number of benzene rings is 1. The van der Waals surface area contributed by atoms with Crippen LogP contribution in [0.3, 0.4) is 0 Å². The number of nitrogens with zero attached hydrogens (tertiary/aromatic N) is 4. The number of ether oxygens (including phenoxy) is 2. The Morgan fingerprint density at radius 3 is 2.58 bits per heavy atom. The van der Waals surface area contributed by atoms with Gasteiger partial charge in [-0.25, -0.2) is 0 Å². The Kier molecular flexibility index (Phi) is 7.04. The maximum atomic E-state index is 5.73. The molecule has 0 fully saturated rings. The number of thioether (sulfide) groups is 1. The van der Waals surface area contributed by atoms with E-state index in [0.717, 1.165) is 34.5 Å². The fraction of sp³-hybridized carbons (Fsp3) is 0.316. The highest BCUT2D eigenvalue weighted by Gasteiger charge is 2.14. The van der Waals surface area contributed by atoms with Crippen LogP contribution in [0.2, 0.25) is 0 Å². The van der Waals surface area contributed by atoms with Gasteiger partial charge in [0.25, 0.3) is 0 Å². The van der Waals surface area contributed by atoms with E-state index in [-0.39, 0.29) is 0 Å². The maximum Gasteiger partial charge on any atom is 0.191 e. The van der Waals surface area contributed by atoms with Crippen molar-refractivity contribution in [2.45, 2.75) is 18.1 Å². The number of hydrogen-bond acceptors (Lipinski definition) is 6. The van der Waals surface area contributed by atoms with E-state index in [1.165, 1.54) is 0 Å². The van der Waals surface area contributed by atoms with Crippen molar-refractivity contribution in [2.24, 2.45) is 0 Å². The summed E-state index contributed by atoms with van der Waals surface area (Å²) in [6.45, 7) is 2.01. The van der Waals surface area contributed by atoms with Crippen LogP contribution < -0.4 is 4.74 Å². The van der Waals surface area contributed by atoms with Gasteiger partial charge < -0.3 is 9.47 Å². The van der Waals surface area contributed by atoms with E-state index in [1.807, 2.05) is 42.5 Å². The number of pyridine rings is 1. The first-order chi connectivity index (χ1) is 12.9. The molecule has 136 valence electrons. The molecule has 0 saturated carbocycles. The summed E-state index contributed by atoms with van der Waals surface area (Å²) in [7, 11) is 1.70. The van der Waals surface area contributed by atoms with Crippen LogP contribution in [0.4, 0.5) is 0 Å². The molecule has 1 aromatic carbocycles. The third-order valence-electron chi connectivity index (χ3n) is 3.71. The molecule has 26 heavy (non-hydrogen) atoms. The molecule has 0 saturated heterocycles. The van der Waals surface area contributed by atoms with Gasteiger partial charge in [-0.15, -0.1) is 10.2 Å². The summed E-state index contributed by atoms with van der Waals surface area (Å²) >= 11 is 1.69. The first kappa shape index (κ1) is 18.4. The number of aromatic nitrogens is 4. The Hall–Kier alpha value is -2.38. The zero-order chi connectivity index (χ0) is 18.0. The summed E-state index contributed by atoms with van der Waals surface area (Å²) in [4.78, 5) is 4.06. The average Bonchev–Trinajstić information content (AvgIpc) is 3.10. The minimum Gasteiger partial charge on any atom is -0.494 e. The smallest absolute Gasteiger partial charge is 0.191 e. The summed E-state index contributed by atoms with van der Waals surface area (Å²) in [5.41, 5.74) is 1.00. The number of hydrogen-bond donors (Lipinski definition) is 0. The summed E-state index contributed by atoms with van der Waals surface area (Å²) in [5, 5.41) is 9.62. The number of para-hydroxylation sites is 1. The van der Waals surface area contributed by atoms with Crippen LogP contribution in [-0.2, 0) is 11.3 Å². The quantitative estimate of drug-likeness (QED) is 0.402. The van der Waals surface area contributed by atoms with E-state index in [0.29, 0.717) is 19.8 Å². The van der Waals surface area contributed by atoms with Crippen LogP contribution in [0, 0.1) is 0 Å². The third-order valence-corrected chi connectivity index (χ3v) is 4.76. The Morgan fingerprint density at radius 1 is 1.00 bits per heavy atom. The van der Waals surface area contributed by atoms with Crippen LogP contribution in [0.5, 0.6) is 5.75 Å². The standard InChI is InChI=1S/C19H22N4O2S/c1-24-14-12-23-18(16-8-10-20-11-9-16)21-22-19(23)26-15-5-13-25-17-6-3-2-4-7-17/h2-4,6-11H,5,12-15H2,1H3. The second-order valence-electron chi connectivity index (χ2n) is 5.55. The average molecular weight is 370 g/mol. The van der Waals surface area contributed by atoms with Crippen LogP contribution >= 0.6 is 11.8 Å². The summed E-state index contributed by atoms with van der Waals surface area (Å²) in [6.07, 6.45) is 4.46. The zero-order valence-electron chi connectivity index (χ0n) is 14.7. The second kappa shape index (κ2) is 9.94. The lowest BCUT2D eigenvalue weighted by atomic mass is 10.2. The molecule has 0 aliphatic heterocycles. The van der Waals surface area contributed by atoms with Gasteiger partial charge >= 0.3 is 0 Å². The fourth-order valence-corrected chi connectivity index (χ4v) is 3.30. The maximum absolute atomic E-state index is 5.73. The van der Waals surface area contributed by atoms with Crippen LogP contribution in [-0.4, -0.2) is 45.8 Å². The van der Waals surface area contributed by atoms with Crippen molar-refractivity contribution in [2.75, 3.05) is 26.1 Å². The van der Waals surface area contributed by atoms with Gasteiger partial charge in [0.15, 0.2) is 11.0 Å². The van der Waals surface area contributed by atoms with Gasteiger partial charge in [0, 0.05) is 30.8 Å². The molecule has 2 heterocycles. The Labute approximate surface area is 157 Å². The van der Waals surface area contributed by atoms with Gasteiger partial charge in [-0.2, -0.15) is 0 Å². The highest BCUT2D eigenvalue weighted by Crippen LogP contribution is 2.24. The van der Waals surface area contributed by atoms with Crippen molar-refractivity contribution in [1.29, 1.82) is 0 Å². The van der Waals surface area contributed by atoms with Gasteiger partial charge in [-0.05, 0) is 30.7 Å².